The topological polar surface area (TPSA) is 56.1 Å². The Morgan fingerprint density at radius 2 is 2.17 bits per heavy atom. The highest BCUT2D eigenvalue weighted by molar-refractivity contribution is 6.30. The van der Waals surface area contributed by atoms with Gasteiger partial charge >= 0.3 is 0 Å². The molecule has 6 nitrogen and oxygen atoms in total. The molecule has 1 atom stereocenters. The van der Waals surface area contributed by atoms with Crippen molar-refractivity contribution in [3.05, 3.63) is 34.5 Å². The maximum absolute atomic E-state index is 6.32. The monoisotopic (exact) mass is 335 g/mol. The second-order valence-corrected chi connectivity index (χ2v) is 6.48. The van der Waals surface area contributed by atoms with Crippen LogP contribution in [-0.2, 0) is 23.8 Å². The molecule has 124 valence electrons. The molecule has 1 saturated heterocycles. The predicted molar refractivity (Wildman–Crippen MR) is 89.9 cm³/mol. The first kappa shape index (κ1) is 16.2. The lowest BCUT2D eigenvalue weighted by atomic mass is 9.96. The van der Waals surface area contributed by atoms with Gasteiger partial charge in [-0.15, -0.1) is 0 Å². The molecular weight excluding hydrogens is 314 g/mol. The summed E-state index contributed by atoms with van der Waals surface area (Å²) in [7, 11) is 1.91. The number of morpholine rings is 1. The fraction of sp³-hybridized carbons (Fsp3) is 0.562. The van der Waals surface area contributed by atoms with Crippen molar-refractivity contribution in [2.45, 2.75) is 32.8 Å². The van der Waals surface area contributed by atoms with E-state index in [1.807, 2.05) is 26.4 Å². The van der Waals surface area contributed by atoms with Crippen LogP contribution in [0.25, 0.3) is 0 Å². The zero-order valence-corrected chi connectivity index (χ0v) is 14.8. The minimum atomic E-state index is -0.414. The van der Waals surface area contributed by atoms with Crippen LogP contribution in [0.4, 0.5) is 5.82 Å². The molecule has 1 fully saturated rings. The van der Waals surface area contributed by atoms with Crippen LogP contribution in [0.1, 0.15) is 30.8 Å². The maximum Gasteiger partial charge on any atom is 0.138 e. The molecule has 0 radical (unpaired) electrons. The van der Waals surface area contributed by atoms with E-state index in [9.17, 15) is 0 Å². The highest BCUT2D eigenvalue weighted by Crippen LogP contribution is 2.33. The SMILES string of the molecule is CCc1c(Cl)nc(C)nc1N1CCOC(C)(c2cnn(C)c2)C1. The lowest BCUT2D eigenvalue weighted by molar-refractivity contribution is -0.0469. The number of hydrogen-bond donors (Lipinski definition) is 0. The van der Waals surface area contributed by atoms with Gasteiger partial charge in [0, 0.05) is 30.9 Å². The molecule has 0 saturated carbocycles. The Hall–Kier alpha value is -1.66. The summed E-state index contributed by atoms with van der Waals surface area (Å²) in [6.45, 7) is 8.17. The molecule has 2 aromatic rings. The molecule has 0 aliphatic carbocycles. The van der Waals surface area contributed by atoms with Gasteiger partial charge in [-0.05, 0) is 20.3 Å². The van der Waals surface area contributed by atoms with Gasteiger partial charge in [-0.25, -0.2) is 9.97 Å². The second kappa shape index (κ2) is 6.09. The van der Waals surface area contributed by atoms with Crippen molar-refractivity contribution < 1.29 is 4.74 Å². The Kier molecular flexibility index (Phi) is 4.29. The van der Waals surface area contributed by atoms with Gasteiger partial charge in [-0.1, -0.05) is 18.5 Å². The van der Waals surface area contributed by atoms with E-state index in [0.29, 0.717) is 24.1 Å². The van der Waals surface area contributed by atoms with Crippen LogP contribution in [0.15, 0.2) is 12.4 Å². The molecular formula is C16H22ClN5O. The quantitative estimate of drug-likeness (QED) is 0.807. The number of nitrogens with zero attached hydrogens (tertiary/aromatic N) is 5. The molecule has 1 aliphatic rings. The summed E-state index contributed by atoms with van der Waals surface area (Å²) < 4.78 is 7.88. The van der Waals surface area contributed by atoms with E-state index in [1.165, 1.54) is 0 Å². The van der Waals surface area contributed by atoms with Gasteiger partial charge in [0.1, 0.15) is 22.4 Å². The molecule has 23 heavy (non-hydrogen) atoms. The number of rotatable bonds is 3. The molecule has 7 heteroatoms. The highest BCUT2D eigenvalue weighted by atomic mass is 35.5. The average Bonchev–Trinajstić information content (AvgIpc) is 2.94. The number of aryl methyl sites for hydroxylation is 2. The number of aromatic nitrogens is 4. The number of halogens is 1. The van der Waals surface area contributed by atoms with Crippen LogP contribution >= 0.6 is 11.6 Å². The molecule has 0 amide bonds. The fourth-order valence-electron chi connectivity index (χ4n) is 3.03. The van der Waals surface area contributed by atoms with E-state index in [2.05, 4.69) is 33.8 Å². The summed E-state index contributed by atoms with van der Waals surface area (Å²) >= 11 is 6.32. The number of anilines is 1. The van der Waals surface area contributed by atoms with Crippen LogP contribution in [0.3, 0.4) is 0 Å². The third-order valence-electron chi connectivity index (χ3n) is 4.29. The zero-order valence-electron chi connectivity index (χ0n) is 14.0. The standard InChI is InChI=1S/C16H22ClN5O/c1-5-13-14(17)19-11(2)20-15(13)22-6-7-23-16(3,10-22)12-8-18-21(4)9-12/h8-9H,5-7,10H2,1-4H3. The van der Waals surface area contributed by atoms with Crippen molar-refractivity contribution in [2.75, 3.05) is 24.6 Å². The normalized spacial score (nSPS) is 21.7. The van der Waals surface area contributed by atoms with Crippen molar-refractivity contribution in [1.82, 2.24) is 19.7 Å². The Morgan fingerprint density at radius 1 is 1.39 bits per heavy atom. The van der Waals surface area contributed by atoms with E-state index in [1.54, 1.807) is 4.68 Å². The summed E-state index contributed by atoms with van der Waals surface area (Å²) in [5.41, 5.74) is 1.65. The molecule has 0 bridgehead atoms. The van der Waals surface area contributed by atoms with Crippen molar-refractivity contribution in [3.8, 4) is 0 Å². The van der Waals surface area contributed by atoms with Gasteiger partial charge in [0.15, 0.2) is 0 Å². The van der Waals surface area contributed by atoms with Crippen molar-refractivity contribution >= 4 is 17.4 Å². The number of ether oxygens (including phenoxy) is 1. The first-order valence-electron chi connectivity index (χ1n) is 7.84. The van der Waals surface area contributed by atoms with Crippen LogP contribution in [0, 0.1) is 6.92 Å². The molecule has 3 heterocycles. The van der Waals surface area contributed by atoms with Gasteiger partial charge in [0.2, 0.25) is 0 Å². The second-order valence-electron chi connectivity index (χ2n) is 6.12. The summed E-state index contributed by atoms with van der Waals surface area (Å²) in [6.07, 6.45) is 4.67. The van der Waals surface area contributed by atoms with Gasteiger partial charge < -0.3 is 9.64 Å². The smallest absolute Gasteiger partial charge is 0.138 e. The first-order chi connectivity index (χ1) is 10.9. The minimum absolute atomic E-state index is 0.414. The van der Waals surface area contributed by atoms with Crippen LogP contribution in [0.2, 0.25) is 5.15 Å². The third kappa shape index (κ3) is 3.05. The van der Waals surface area contributed by atoms with E-state index in [4.69, 9.17) is 16.3 Å². The molecule has 3 rings (SSSR count). The summed E-state index contributed by atoms with van der Waals surface area (Å²) in [5.74, 6) is 1.61. The molecule has 1 unspecified atom stereocenters. The average molecular weight is 336 g/mol. The maximum atomic E-state index is 6.32. The van der Waals surface area contributed by atoms with Gasteiger partial charge in [-0.3, -0.25) is 4.68 Å². The highest BCUT2D eigenvalue weighted by Gasteiger charge is 2.36. The van der Waals surface area contributed by atoms with Crippen molar-refractivity contribution in [3.63, 3.8) is 0 Å². The Balaban J connectivity index is 1.96. The lowest BCUT2D eigenvalue weighted by Crippen LogP contribution is -2.49. The fourth-order valence-corrected chi connectivity index (χ4v) is 3.37. The van der Waals surface area contributed by atoms with E-state index < -0.39 is 5.60 Å². The molecule has 1 aliphatic heterocycles. The van der Waals surface area contributed by atoms with E-state index in [0.717, 1.165) is 29.9 Å². The van der Waals surface area contributed by atoms with Gasteiger partial charge in [-0.2, -0.15) is 5.10 Å². The van der Waals surface area contributed by atoms with E-state index >= 15 is 0 Å². The summed E-state index contributed by atoms with van der Waals surface area (Å²) in [5, 5.41) is 4.81. The van der Waals surface area contributed by atoms with E-state index in [-0.39, 0.29) is 0 Å². The molecule has 2 aromatic heterocycles. The Morgan fingerprint density at radius 3 is 2.83 bits per heavy atom. The van der Waals surface area contributed by atoms with Gasteiger partial charge in [0.25, 0.3) is 0 Å². The van der Waals surface area contributed by atoms with Gasteiger partial charge in [0.05, 0.1) is 19.3 Å². The predicted octanol–water partition coefficient (Wildman–Crippen LogP) is 2.49. The lowest BCUT2D eigenvalue weighted by Gasteiger charge is -2.41. The summed E-state index contributed by atoms with van der Waals surface area (Å²) in [6, 6.07) is 0. The summed E-state index contributed by atoms with van der Waals surface area (Å²) in [4.78, 5) is 11.2. The van der Waals surface area contributed by atoms with Crippen LogP contribution in [0.5, 0.6) is 0 Å². The molecule has 0 N–H and O–H groups in total. The first-order valence-corrected chi connectivity index (χ1v) is 8.22. The molecule has 0 aromatic carbocycles. The largest absolute Gasteiger partial charge is 0.367 e. The zero-order chi connectivity index (χ0) is 16.6. The third-order valence-corrected chi connectivity index (χ3v) is 4.60. The number of hydrogen-bond acceptors (Lipinski definition) is 5. The van der Waals surface area contributed by atoms with Crippen molar-refractivity contribution in [2.24, 2.45) is 7.05 Å². The Bertz CT molecular complexity index is 716. The van der Waals surface area contributed by atoms with Crippen LogP contribution < -0.4 is 4.90 Å². The van der Waals surface area contributed by atoms with Crippen molar-refractivity contribution in [1.29, 1.82) is 0 Å². The van der Waals surface area contributed by atoms with Crippen LogP contribution in [-0.4, -0.2) is 39.4 Å². The minimum Gasteiger partial charge on any atom is -0.367 e. The Labute approximate surface area is 141 Å². The molecule has 0 spiro atoms.